The van der Waals surface area contributed by atoms with E-state index in [1.807, 2.05) is 24.6 Å². The van der Waals surface area contributed by atoms with Gasteiger partial charge in [0.2, 0.25) is 5.91 Å². The summed E-state index contributed by atoms with van der Waals surface area (Å²) in [5.41, 5.74) is 3.23. The fourth-order valence-corrected chi connectivity index (χ4v) is 3.92. The first-order chi connectivity index (χ1) is 12.5. The Morgan fingerprint density at radius 3 is 2.58 bits per heavy atom. The van der Waals surface area contributed by atoms with Crippen molar-refractivity contribution in [2.45, 2.75) is 45.7 Å². The van der Waals surface area contributed by atoms with Gasteiger partial charge in [-0.1, -0.05) is 43.7 Å². The van der Waals surface area contributed by atoms with Crippen molar-refractivity contribution in [2.75, 3.05) is 26.7 Å². The standard InChI is InChI=1S/C21H30N4O/c1-5-9-19(25-17(3)14-16(2)22-25)21(26)24-13-12-23(4)15-20(24)18-10-7-6-8-11-18/h6-8,10-11,14,19-20H,5,9,12-13,15H2,1-4H3/t19-,20-/m0/s1. The summed E-state index contributed by atoms with van der Waals surface area (Å²) in [5.74, 6) is 0.194. The lowest BCUT2D eigenvalue weighted by atomic mass is 10.0. The van der Waals surface area contributed by atoms with Crippen molar-refractivity contribution < 1.29 is 4.79 Å². The Labute approximate surface area is 156 Å². The van der Waals surface area contributed by atoms with Crippen LogP contribution in [0.5, 0.6) is 0 Å². The lowest BCUT2D eigenvalue weighted by molar-refractivity contribution is -0.140. The van der Waals surface area contributed by atoms with Crippen molar-refractivity contribution in [2.24, 2.45) is 0 Å². The number of carbonyl (C=O) groups excluding carboxylic acids is 1. The van der Waals surface area contributed by atoms with E-state index >= 15 is 0 Å². The van der Waals surface area contributed by atoms with E-state index in [1.54, 1.807) is 0 Å². The zero-order valence-corrected chi connectivity index (χ0v) is 16.4. The Hall–Kier alpha value is -2.14. The predicted octanol–water partition coefficient (Wildman–Crippen LogP) is 3.36. The Morgan fingerprint density at radius 1 is 1.23 bits per heavy atom. The summed E-state index contributed by atoms with van der Waals surface area (Å²) in [6, 6.07) is 12.3. The highest BCUT2D eigenvalue weighted by molar-refractivity contribution is 5.81. The van der Waals surface area contributed by atoms with E-state index in [0.29, 0.717) is 0 Å². The molecule has 0 unspecified atom stereocenters. The number of benzene rings is 1. The molecule has 1 amide bonds. The van der Waals surface area contributed by atoms with Gasteiger partial charge in [-0.25, -0.2) is 0 Å². The van der Waals surface area contributed by atoms with Gasteiger partial charge < -0.3 is 9.80 Å². The van der Waals surface area contributed by atoms with Crippen molar-refractivity contribution >= 4 is 5.91 Å². The first kappa shape index (κ1) is 18.6. The molecular weight excluding hydrogens is 324 g/mol. The molecule has 0 radical (unpaired) electrons. The first-order valence-electron chi connectivity index (χ1n) is 9.58. The second-order valence-corrected chi connectivity index (χ2v) is 7.40. The monoisotopic (exact) mass is 354 g/mol. The van der Waals surface area contributed by atoms with Gasteiger partial charge in [0.05, 0.1) is 11.7 Å². The zero-order valence-electron chi connectivity index (χ0n) is 16.4. The largest absolute Gasteiger partial charge is 0.331 e. The molecular formula is C21H30N4O. The molecule has 0 N–H and O–H groups in total. The molecule has 1 fully saturated rings. The van der Waals surface area contributed by atoms with Gasteiger partial charge in [-0.3, -0.25) is 9.48 Å². The van der Waals surface area contributed by atoms with Gasteiger partial charge in [0, 0.05) is 25.3 Å². The van der Waals surface area contributed by atoms with Gasteiger partial charge in [-0.2, -0.15) is 5.10 Å². The molecule has 1 aromatic carbocycles. The number of aromatic nitrogens is 2. The van der Waals surface area contributed by atoms with E-state index in [1.165, 1.54) is 5.56 Å². The summed E-state index contributed by atoms with van der Waals surface area (Å²) >= 11 is 0. The third kappa shape index (κ3) is 3.83. The van der Waals surface area contributed by atoms with Crippen LogP contribution >= 0.6 is 0 Å². The lowest BCUT2D eigenvalue weighted by Gasteiger charge is -2.42. The molecule has 0 spiro atoms. The van der Waals surface area contributed by atoms with Gasteiger partial charge in [-0.05, 0) is 38.9 Å². The van der Waals surface area contributed by atoms with E-state index in [2.05, 4.69) is 59.2 Å². The molecule has 2 aromatic rings. The van der Waals surface area contributed by atoms with Crippen LogP contribution in [0.25, 0.3) is 0 Å². The van der Waals surface area contributed by atoms with Crippen molar-refractivity contribution in [1.29, 1.82) is 0 Å². The number of likely N-dealkylation sites (N-methyl/N-ethyl adjacent to an activating group) is 1. The summed E-state index contributed by atoms with van der Waals surface area (Å²) in [5, 5.41) is 4.62. The second-order valence-electron chi connectivity index (χ2n) is 7.40. The summed E-state index contributed by atoms with van der Waals surface area (Å²) in [6.45, 7) is 8.68. The number of piperazine rings is 1. The van der Waals surface area contributed by atoms with Crippen LogP contribution in [0.1, 0.15) is 48.8 Å². The van der Waals surface area contributed by atoms with Crippen LogP contribution in [0.2, 0.25) is 0 Å². The fraction of sp³-hybridized carbons (Fsp3) is 0.524. The fourth-order valence-electron chi connectivity index (χ4n) is 3.92. The maximum absolute atomic E-state index is 13.6. The molecule has 0 bridgehead atoms. The molecule has 5 heteroatoms. The van der Waals surface area contributed by atoms with Crippen LogP contribution in [0.15, 0.2) is 36.4 Å². The van der Waals surface area contributed by atoms with Crippen LogP contribution in [0.4, 0.5) is 0 Å². The van der Waals surface area contributed by atoms with Gasteiger partial charge in [0.25, 0.3) is 0 Å². The number of rotatable bonds is 5. The molecule has 3 rings (SSSR count). The summed E-state index contributed by atoms with van der Waals surface area (Å²) in [4.78, 5) is 18.0. The third-order valence-corrected chi connectivity index (χ3v) is 5.24. The SMILES string of the molecule is CCC[C@@H](C(=O)N1CCN(C)C[C@H]1c1ccccc1)n1nc(C)cc1C. The highest BCUT2D eigenvalue weighted by Crippen LogP contribution is 2.29. The lowest BCUT2D eigenvalue weighted by Crippen LogP contribution is -2.51. The quantitative estimate of drug-likeness (QED) is 0.827. The molecule has 1 aromatic heterocycles. The van der Waals surface area contributed by atoms with Crippen molar-refractivity contribution in [1.82, 2.24) is 19.6 Å². The average Bonchev–Trinajstić information content (AvgIpc) is 2.97. The molecule has 1 aliphatic rings. The minimum absolute atomic E-state index is 0.0961. The second kappa shape index (κ2) is 8.04. The van der Waals surface area contributed by atoms with Crippen LogP contribution in [0, 0.1) is 13.8 Å². The number of hydrogen-bond acceptors (Lipinski definition) is 3. The maximum Gasteiger partial charge on any atom is 0.248 e. The van der Waals surface area contributed by atoms with Gasteiger partial charge >= 0.3 is 0 Å². The Bertz CT molecular complexity index is 740. The number of aryl methyl sites for hydroxylation is 2. The van der Waals surface area contributed by atoms with Crippen LogP contribution in [-0.4, -0.2) is 52.2 Å². The Balaban J connectivity index is 1.92. The van der Waals surface area contributed by atoms with Crippen molar-refractivity contribution in [3.05, 3.63) is 53.3 Å². The van der Waals surface area contributed by atoms with Crippen LogP contribution < -0.4 is 0 Å². The van der Waals surface area contributed by atoms with Crippen LogP contribution in [0.3, 0.4) is 0 Å². The minimum atomic E-state index is -0.219. The number of hydrogen-bond donors (Lipinski definition) is 0. The molecule has 5 nitrogen and oxygen atoms in total. The van der Waals surface area contributed by atoms with Gasteiger partial charge in [0.15, 0.2) is 0 Å². The summed E-state index contributed by atoms with van der Waals surface area (Å²) in [7, 11) is 2.13. The minimum Gasteiger partial charge on any atom is -0.331 e. The summed E-state index contributed by atoms with van der Waals surface area (Å²) in [6.07, 6.45) is 1.77. The first-order valence-corrected chi connectivity index (χ1v) is 9.58. The number of carbonyl (C=O) groups is 1. The summed E-state index contributed by atoms with van der Waals surface area (Å²) < 4.78 is 1.93. The van der Waals surface area contributed by atoms with E-state index in [4.69, 9.17) is 0 Å². The number of amides is 1. The molecule has 0 aliphatic carbocycles. The van der Waals surface area contributed by atoms with Crippen molar-refractivity contribution in [3.63, 3.8) is 0 Å². The Kier molecular flexibility index (Phi) is 5.77. The smallest absolute Gasteiger partial charge is 0.248 e. The highest BCUT2D eigenvalue weighted by Gasteiger charge is 2.35. The van der Waals surface area contributed by atoms with E-state index in [-0.39, 0.29) is 18.0 Å². The molecule has 140 valence electrons. The van der Waals surface area contributed by atoms with E-state index in [0.717, 1.165) is 43.9 Å². The van der Waals surface area contributed by atoms with Crippen LogP contribution in [-0.2, 0) is 4.79 Å². The molecule has 1 saturated heterocycles. The zero-order chi connectivity index (χ0) is 18.7. The predicted molar refractivity (Wildman–Crippen MR) is 104 cm³/mol. The normalized spacial score (nSPS) is 19.5. The van der Waals surface area contributed by atoms with E-state index < -0.39 is 0 Å². The van der Waals surface area contributed by atoms with Gasteiger partial charge in [0.1, 0.15) is 6.04 Å². The Morgan fingerprint density at radius 2 is 1.96 bits per heavy atom. The van der Waals surface area contributed by atoms with E-state index in [9.17, 15) is 4.79 Å². The maximum atomic E-state index is 13.6. The average molecular weight is 354 g/mol. The topological polar surface area (TPSA) is 41.4 Å². The number of nitrogens with zero attached hydrogens (tertiary/aromatic N) is 4. The molecule has 1 aliphatic heterocycles. The molecule has 0 saturated carbocycles. The highest BCUT2D eigenvalue weighted by atomic mass is 16.2. The third-order valence-electron chi connectivity index (χ3n) is 5.24. The molecule has 2 heterocycles. The molecule has 2 atom stereocenters. The van der Waals surface area contributed by atoms with Crippen molar-refractivity contribution in [3.8, 4) is 0 Å². The van der Waals surface area contributed by atoms with Gasteiger partial charge in [-0.15, -0.1) is 0 Å². The molecule has 26 heavy (non-hydrogen) atoms.